The molecule has 0 aliphatic heterocycles. The summed E-state index contributed by atoms with van der Waals surface area (Å²) in [5.41, 5.74) is 4.68. The van der Waals surface area contributed by atoms with Crippen molar-refractivity contribution in [1.29, 1.82) is 0 Å². The lowest BCUT2D eigenvalue weighted by molar-refractivity contribution is -0.149. The molecule has 9 heteroatoms. The van der Waals surface area contributed by atoms with Crippen LogP contribution in [0.2, 0.25) is 0 Å². The van der Waals surface area contributed by atoms with E-state index >= 15 is 0 Å². The van der Waals surface area contributed by atoms with E-state index in [0.29, 0.717) is 11.3 Å². The largest absolute Gasteiger partial charge is 0.454 e. The fraction of sp³-hybridized carbons (Fsp3) is 0.450. The molecule has 0 radical (unpaired) electrons. The lowest BCUT2D eigenvalue weighted by Crippen LogP contribution is -2.43. The minimum atomic E-state index is -0.815. The molecule has 0 saturated heterocycles. The van der Waals surface area contributed by atoms with E-state index in [0.717, 1.165) is 30.4 Å². The van der Waals surface area contributed by atoms with Crippen molar-refractivity contribution in [3.63, 3.8) is 0 Å². The Labute approximate surface area is 167 Å². The molecule has 1 aromatic heterocycles. The number of primary amides is 1. The Morgan fingerprint density at radius 1 is 1.21 bits per heavy atom. The number of esters is 1. The van der Waals surface area contributed by atoms with Crippen LogP contribution in [0.4, 0.5) is 0 Å². The van der Waals surface area contributed by atoms with Gasteiger partial charge in [-0.3, -0.25) is 19.2 Å². The van der Waals surface area contributed by atoms with Crippen LogP contribution in [-0.4, -0.2) is 40.2 Å². The van der Waals surface area contributed by atoms with Crippen LogP contribution in [0.1, 0.15) is 43.1 Å². The van der Waals surface area contributed by atoms with Crippen molar-refractivity contribution in [2.45, 2.75) is 45.2 Å². The first-order valence-electron chi connectivity index (χ1n) is 9.61. The van der Waals surface area contributed by atoms with Crippen molar-refractivity contribution in [1.82, 2.24) is 15.1 Å². The molecule has 29 heavy (non-hydrogen) atoms. The minimum Gasteiger partial charge on any atom is -0.454 e. The molecule has 2 aromatic rings. The zero-order valence-electron chi connectivity index (χ0n) is 16.2. The van der Waals surface area contributed by atoms with Gasteiger partial charge in [0.15, 0.2) is 12.3 Å². The maximum atomic E-state index is 12.5. The molecule has 2 atom stereocenters. The topological polar surface area (TPSA) is 133 Å². The van der Waals surface area contributed by atoms with Gasteiger partial charge in [0.2, 0.25) is 0 Å². The second-order valence-electron chi connectivity index (χ2n) is 7.32. The number of ether oxygens (including phenoxy) is 1. The van der Waals surface area contributed by atoms with Gasteiger partial charge in [-0.2, -0.15) is 5.10 Å². The second-order valence-corrected chi connectivity index (χ2v) is 7.32. The SMILES string of the molecule is C[C@@H]1CCCC[C@@H]1NC(=O)COC(=O)Cn1nc(C(N)=O)c2ccccc2c1=O. The van der Waals surface area contributed by atoms with Gasteiger partial charge >= 0.3 is 5.97 Å². The first-order valence-corrected chi connectivity index (χ1v) is 9.61. The smallest absolute Gasteiger partial charge is 0.328 e. The number of amides is 2. The Hall–Kier alpha value is -3.23. The highest BCUT2D eigenvalue weighted by atomic mass is 16.5. The second kappa shape index (κ2) is 8.85. The number of hydrogen-bond donors (Lipinski definition) is 2. The summed E-state index contributed by atoms with van der Waals surface area (Å²) in [5.74, 6) is -1.62. The summed E-state index contributed by atoms with van der Waals surface area (Å²) in [7, 11) is 0. The Morgan fingerprint density at radius 3 is 2.59 bits per heavy atom. The van der Waals surface area contributed by atoms with Crippen molar-refractivity contribution in [2.75, 3.05) is 6.61 Å². The van der Waals surface area contributed by atoms with E-state index in [9.17, 15) is 19.2 Å². The van der Waals surface area contributed by atoms with Gasteiger partial charge in [0.1, 0.15) is 6.54 Å². The summed E-state index contributed by atoms with van der Waals surface area (Å²) in [5, 5.41) is 7.32. The maximum absolute atomic E-state index is 12.5. The molecule has 0 spiro atoms. The van der Waals surface area contributed by atoms with E-state index in [1.165, 1.54) is 6.07 Å². The molecule has 3 N–H and O–H groups in total. The van der Waals surface area contributed by atoms with Crippen LogP contribution in [0.3, 0.4) is 0 Å². The van der Waals surface area contributed by atoms with E-state index in [1.54, 1.807) is 18.2 Å². The summed E-state index contributed by atoms with van der Waals surface area (Å²) in [6, 6.07) is 6.45. The highest BCUT2D eigenvalue weighted by Crippen LogP contribution is 2.23. The molecule has 2 amide bonds. The zero-order valence-corrected chi connectivity index (χ0v) is 16.2. The van der Waals surface area contributed by atoms with Gasteiger partial charge in [-0.1, -0.05) is 38.0 Å². The highest BCUT2D eigenvalue weighted by Gasteiger charge is 2.23. The number of nitrogens with one attached hydrogen (secondary N) is 1. The normalized spacial score (nSPS) is 18.9. The van der Waals surface area contributed by atoms with Crippen molar-refractivity contribution in [3.05, 3.63) is 40.3 Å². The number of hydrogen-bond acceptors (Lipinski definition) is 6. The van der Waals surface area contributed by atoms with Crippen LogP contribution in [0.25, 0.3) is 10.8 Å². The summed E-state index contributed by atoms with van der Waals surface area (Å²) >= 11 is 0. The number of rotatable bonds is 6. The van der Waals surface area contributed by atoms with Crippen LogP contribution in [-0.2, 0) is 20.9 Å². The Balaban J connectivity index is 1.65. The third kappa shape index (κ3) is 4.79. The standard InChI is InChI=1S/C20H24N4O5/c1-12-6-2-5-9-15(12)22-16(25)11-29-17(26)10-24-20(28)14-8-4-3-7-13(14)18(23-24)19(21)27/h3-4,7-8,12,15H,2,5-6,9-11H2,1H3,(H2,21,27)(H,22,25)/t12-,15+/m1/s1. The Kier molecular flexibility index (Phi) is 6.26. The number of carbonyl (C=O) groups excluding carboxylic acids is 3. The summed E-state index contributed by atoms with van der Waals surface area (Å²) in [4.78, 5) is 48.4. The number of carbonyl (C=O) groups is 3. The fourth-order valence-electron chi connectivity index (χ4n) is 3.62. The number of fused-ring (bicyclic) bond motifs is 1. The predicted molar refractivity (Wildman–Crippen MR) is 105 cm³/mol. The van der Waals surface area contributed by atoms with Crippen LogP contribution < -0.4 is 16.6 Å². The molecular weight excluding hydrogens is 376 g/mol. The van der Waals surface area contributed by atoms with Gasteiger partial charge in [0, 0.05) is 11.4 Å². The van der Waals surface area contributed by atoms with Gasteiger partial charge in [0.25, 0.3) is 17.4 Å². The van der Waals surface area contributed by atoms with E-state index < -0.39 is 30.6 Å². The van der Waals surface area contributed by atoms with Crippen molar-refractivity contribution >= 4 is 28.6 Å². The lowest BCUT2D eigenvalue weighted by Gasteiger charge is -2.29. The number of benzene rings is 1. The van der Waals surface area contributed by atoms with Crippen molar-refractivity contribution in [2.24, 2.45) is 11.7 Å². The van der Waals surface area contributed by atoms with Gasteiger partial charge in [-0.25, -0.2) is 4.68 Å². The van der Waals surface area contributed by atoms with E-state index in [1.807, 2.05) is 0 Å². The molecule has 1 aromatic carbocycles. The summed E-state index contributed by atoms with van der Waals surface area (Å²) < 4.78 is 5.81. The van der Waals surface area contributed by atoms with E-state index in [-0.39, 0.29) is 23.0 Å². The molecule has 1 fully saturated rings. The summed E-state index contributed by atoms with van der Waals surface area (Å²) in [6.45, 7) is 1.12. The van der Waals surface area contributed by atoms with Crippen LogP contribution >= 0.6 is 0 Å². The predicted octanol–water partition coefficient (Wildman–Crippen LogP) is 0.734. The third-order valence-corrected chi connectivity index (χ3v) is 5.20. The third-order valence-electron chi connectivity index (χ3n) is 5.20. The Bertz CT molecular complexity index is 1000. The van der Waals surface area contributed by atoms with Crippen molar-refractivity contribution in [3.8, 4) is 0 Å². The lowest BCUT2D eigenvalue weighted by atomic mass is 9.86. The molecule has 1 aliphatic carbocycles. The highest BCUT2D eigenvalue weighted by molar-refractivity contribution is 6.04. The van der Waals surface area contributed by atoms with Gasteiger partial charge in [0.05, 0.1) is 5.39 Å². The fourth-order valence-corrected chi connectivity index (χ4v) is 3.62. The maximum Gasteiger partial charge on any atom is 0.328 e. The van der Waals surface area contributed by atoms with Gasteiger partial charge in [-0.05, 0) is 24.8 Å². The number of nitrogens with two attached hydrogens (primary N) is 1. The molecule has 0 unspecified atom stereocenters. The number of nitrogens with zero attached hydrogens (tertiary/aromatic N) is 2. The van der Waals surface area contributed by atoms with Crippen LogP contribution in [0.5, 0.6) is 0 Å². The molecule has 1 saturated carbocycles. The monoisotopic (exact) mass is 400 g/mol. The molecule has 1 heterocycles. The van der Waals surface area contributed by atoms with Gasteiger partial charge in [-0.15, -0.1) is 0 Å². The van der Waals surface area contributed by atoms with E-state index in [2.05, 4.69) is 17.3 Å². The molecule has 9 nitrogen and oxygen atoms in total. The molecule has 1 aliphatic rings. The minimum absolute atomic E-state index is 0.0813. The average molecular weight is 400 g/mol. The first kappa shape index (κ1) is 20.5. The molecule has 3 rings (SSSR count). The first-order chi connectivity index (χ1) is 13.9. The van der Waals surface area contributed by atoms with Crippen LogP contribution in [0.15, 0.2) is 29.1 Å². The number of aromatic nitrogens is 2. The van der Waals surface area contributed by atoms with Gasteiger partial charge < -0.3 is 15.8 Å². The molecule has 154 valence electrons. The average Bonchev–Trinajstić information content (AvgIpc) is 2.70. The summed E-state index contributed by atoms with van der Waals surface area (Å²) in [6.07, 6.45) is 4.19. The zero-order chi connectivity index (χ0) is 21.0. The van der Waals surface area contributed by atoms with Crippen molar-refractivity contribution < 1.29 is 19.1 Å². The Morgan fingerprint density at radius 2 is 1.90 bits per heavy atom. The molecule has 0 bridgehead atoms. The van der Waals surface area contributed by atoms with Crippen LogP contribution in [0, 0.1) is 5.92 Å². The van der Waals surface area contributed by atoms with E-state index in [4.69, 9.17) is 10.5 Å². The molecular formula is C20H24N4O5. The quantitative estimate of drug-likeness (QED) is 0.687.